The molecule has 1 aromatic carbocycles. The number of hydrogen-bond acceptors (Lipinski definition) is 7. The van der Waals surface area contributed by atoms with Gasteiger partial charge in [0.15, 0.2) is 9.84 Å². The Morgan fingerprint density at radius 1 is 1.03 bits per heavy atom. The van der Waals surface area contributed by atoms with Crippen molar-refractivity contribution in [2.75, 3.05) is 24.2 Å². The Labute approximate surface area is 192 Å². The monoisotopic (exact) mass is 470 g/mol. The van der Waals surface area contributed by atoms with Gasteiger partial charge in [0.05, 0.1) is 34.2 Å². The van der Waals surface area contributed by atoms with Crippen LogP contribution >= 0.6 is 11.6 Å². The van der Waals surface area contributed by atoms with E-state index in [1.165, 1.54) is 6.26 Å². The van der Waals surface area contributed by atoms with Crippen LogP contribution in [0.2, 0.25) is 5.02 Å². The Morgan fingerprint density at radius 3 is 2.38 bits per heavy atom. The molecule has 5 rings (SSSR count). The fourth-order valence-electron chi connectivity index (χ4n) is 4.41. The molecule has 2 aliphatic heterocycles. The van der Waals surface area contributed by atoms with Crippen molar-refractivity contribution in [3.8, 4) is 17.0 Å². The van der Waals surface area contributed by atoms with Gasteiger partial charge in [-0.05, 0) is 37.0 Å². The first kappa shape index (κ1) is 21.2. The lowest BCUT2D eigenvalue weighted by Crippen LogP contribution is -2.40. The second-order valence-electron chi connectivity index (χ2n) is 8.36. The number of ether oxygens (including phenoxy) is 1. The fraction of sp³-hybridized carbons (Fsp3) is 0.348. The Kier molecular flexibility index (Phi) is 5.51. The average Bonchev–Trinajstić information content (AvgIpc) is 3.23. The van der Waals surface area contributed by atoms with Gasteiger partial charge in [-0.2, -0.15) is 0 Å². The molecule has 0 spiro atoms. The van der Waals surface area contributed by atoms with E-state index in [-0.39, 0.29) is 6.10 Å². The number of piperidine rings is 1. The minimum atomic E-state index is -3.21. The molecule has 3 aromatic rings. The third kappa shape index (κ3) is 4.29. The summed E-state index contributed by atoms with van der Waals surface area (Å²) in [6.07, 6.45) is 9.27. The topological polar surface area (TPSA) is 85.3 Å². The van der Waals surface area contributed by atoms with Crippen molar-refractivity contribution >= 4 is 27.4 Å². The predicted octanol–water partition coefficient (Wildman–Crippen LogP) is 3.82. The summed E-state index contributed by atoms with van der Waals surface area (Å²) >= 11 is 5.89. The van der Waals surface area contributed by atoms with E-state index in [4.69, 9.17) is 16.3 Å². The lowest BCUT2D eigenvalue weighted by Gasteiger charge is -2.34. The highest BCUT2D eigenvalue weighted by atomic mass is 35.5. The molecule has 1 saturated heterocycles. The Hall–Kier alpha value is -2.71. The van der Waals surface area contributed by atoms with Crippen molar-refractivity contribution in [2.45, 2.75) is 30.3 Å². The van der Waals surface area contributed by atoms with E-state index < -0.39 is 9.84 Å². The third-order valence-corrected chi connectivity index (χ3v) is 7.50. The van der Waals surface area contributed by atoms with Crippen molar-refractivity contribution in [1.29, 1.82) is 0 Å². The van der Waals surface area contributed by atoms with Gasteiger partial charge >= 0.3 is 0 Å². The number of hydrogen-bond donors (Lipinski definition) is 0. The van der Waals surface area contributed by atoms with Crippen LogP contribution in [0.25, 0.3) is 11.3 Å². The highest BCUT2D eigenvalue weighted by molar-refractivity contribution is 7.90. The first-order chi connectivity index (χ1) is 15.4. The maximum atomic E-state index is 11.7. The van der Waals surface area contributed by atoms with Crippen molar-refractivity contribution in [1.82, 2.24) is 15.0 Å². The Balaban J connectivity index is 1.24. The molecule has 1 fully saturated rings. The van der Waals surface area contributed by atoms with Crippen molar-refractivity contribution in [3.05, 3.63) is 59.5 Å². The molecule has 0 N–H and O–H groups in total. The molecule has 166 valence electrons. The smallest absolute Gasteiger partial charge is 0.225 e. The summed E-state index contributed by atoms with van der Waals surface area (Å²) in [5, 5.41) is 0.542. The molecule has 2 aromatic heterocycles. The summed E-state index contributed by atoms with van der Waals surface area (Å²) in [5.74, 6) is 2.03. The summed E-state index contributed by atoms with van der Waals surface area (Å²) in [7, 11) is -3.21. The van der Waals surface area contributed by atoms with Crippen LogP contribution in [-0.4, -0.2) is 48.8 Å². The van der Waals surface area contributed by atoms with Crippen molar-refractivity contribution < 1.29 is 13.2 Å². The Morgan fingerprint density at radius 2 is 1.72 bits per heavy atom. The van der Waals surface area contributed by atoms with Gasteiger partial charge in [-0.25, -0.2) is 18.4 Å². The standard InChI is InChI=1S/C23H23ClN4O3S/c1-32(29,30)19-4-2-15(3-5-19)20-10-17-11-21(31-22(17)14-25-20)16-6-8-28(9-7-16)23-26-12-18(24)13-27-23/h2-5,10,12-14,16,21H,6-9,11H2,1H3. The highest BCUT2D eigenvalue weighted by Gasteiger charge is 2.33. The van der Waals surface area contributed by atoms with Crippen LogP contribution < -0.4 is 9.64 Å². The first-order valence-electron chi connectivity index (χ1n) is 10.6. The van der Waals surface area contributed by atoms with Gasteiger partial charge in [0, 0.05) is 36.9 Å². The van der Waals surface area contributed by atoms with Gasteiger partial charge in [0.1, 0.15) is 11.9 Å². The zero-order valence-corrected chi connectivity index (χ0v) is 19.2. The number of anilines is 1. The molecule has 2 aliphatic rings. The fourth-order valence-corrected chi connectivity index (χ4v) is 5.13. The van der Waals surface area contributed by atoms with Crippen LogP contribution in [0.1, 0.15) is 18.4 Å². The average molecular weight is 471 g/mol. The number of nitrogens with zero attached hydrogens (tertiary/aromatic N) is 4. The highest BCUT2D eigenvalue weighted by Crippen LogP contribution is 2.37. The zero-order valence-electron chi connectivity index (χ0n) is 17.6. The molecule has 0 saturated carbocycles. The molecular formula is C23H23ClN4O3S. The second kappa shape index (κ2) is 8.33. The quantitative estimate of drug-likeness (QED) is 0.573. The largest absolute Gasteiger partial charge is 0.488 e. The number of fused-ring (bicyclic) bond motifs is 1. The summed E-state index contributed by atoms with van der Waals surface area (Å²) in [6.45, 7) is 1.78. The van der Waals surface area contributed by atoms with Gasteiger partial charge in [0.2, 0.25) is 5.95 Å². The van der Waals surface area contributed by atoms with Crippen LogP contribution in [0.4, 0.5) is 5.95 Å². The molecule has 0 radical (unpaired) electrons. The predicted molar refractivity (Wildman–Crippen MR) is 123 cm³/mol. The van der Waals surface area contributed by atoms with E-state index in [0.717, 1.165) is 60.9 Å². The van der Waals surface area contributed by atoms with E-state index in [2.05, 4.69) is 25.9 Å². The van der Waals surface area contributed by atoms with Crippen LogP contribution in [0, 0.1) is 5.92 Å². The third-order valence-electron chi connectivity index (χ3n) is 6.18. The summed E-state index contributed by atoms with van der Waals surface area (Å²) < 4.78 is 29.6. The number of halogens is 1. The lowest BCUT2D eigenvalue weighted by atomic mass is 9.89. The molecule has 0 bridgehead atoms. The maximum absolute atomic E-state index is 11.7. The zero-order chi connectivity index (χ0) is 22.3. The summed E-state index contributed by atoms with van der Waals surface area (Å²) in [4.78, 5) is 15.7. The normalized spacial score (nSPS) is 18.9. The van der Waals surface area contributed by atoms with Gasteiger partial charge in [0.25, 0.3) is 0 Å². The molecular weight excluding hydrogens is 448 g/mol. The number of rotatable bonds is 4. The summed E-state index contributed by atoms with van der Waals surface area (Å²) in [6, 6.07) is 8.90. The van der Waals surface area contributed by atoms with E-state index in [0.29, 0.717) is 15.8 Å². The molecule has 1 atom stereocenters. The summed E-state index contributed by atoms with van der Waals surface area (Å²) in [5.41, 5.74) is 2.86. The van der Waals surface area contributed by atoms with Crippen LogP contribution in [0.5, 0.6) is 5.75 Å². The SMILES string of the molecule is CS(=O)(=O)c1ccc(-c2cc3c(cn2)OC(C2CCN(c4ncc(Cl)cn4)CC2)C3)cc1. The van der Waals surface area contributed by atoms with E-state index >= 15 is 0 Å². The minimum absolute atomic E-state index is 0.142. The molecule has 1 unspecified atom stereocenters. The van der Waals surface area contributed by atoms with Gasteiger partial charge < -0.3 is 9.64 Å². The number of pyridine rings is 1. The van der Waals surface area contributed by atoms with Gasteiger partial charge in [-0.15, -0.1) is 0 Å². The second-order valence-corrected chi connectivity index (χ2v) is 10.8. The van der Waals surface area contributed by atoms with Crippen LogP contribution in [-0.2, 0) is 16.3 Å². The van der Waals surface area contributed by atoms with Gasteiger partial charge in [-0.1, -0.05) is 23.7 Å². The maximum Gasteiger partial charge on any atom is 0.225 e. The number of benzene rings is 1. The van der Waals surface area contributed by atoms with E-state index in [1.807, 2.05) is 0 Å². The Bertz CT molecular complexity index is 1230. The molecule has 0 amide bonds. The first-order valence-corrected chi connectivity index (χ1v) is 12.8. The molecule has 0 aliphatic carbocycles. The van der Waals surface area contributed by atoms with E-state index in [1.54, 1.807) is 42.9 Å². The number of sulfone groups is 1. The number of aromatic nitrogens is 3. The molecule has 4 heterocycles. The molecule has 32 heavy (non-hydrogen) atoms. The van der Waals surface area contributed by atoms with Crippen molar-refractivity contribution in [2.24, 2.45) is 5.92 Å². The van der Waals surface area contributed by atoms with E-state index in [9.17, 15) is 8.42 Å². The molecule has 9 heteroatoms. The van der Waals surface area contributed by atoms with Gasteiger partial charge in [-0.3, -0.25) is 4.98 Å². The van der Waals surface area contributed by atoms with Crippen LogP contribution in [0.3, 0.4) is 0 Å². The van der Waals surface area contributed by atoms with Crippen LogP contribution in [0.15, 0.2) is 53.8 Å². The minimum Gasteiger partial charge on any atom is -0.488 e. The lowest BCUT2D eigenvalue weighted by molar-refractivity contribution is 0.138. The van der Waals surface area contributed by atoms with Crippen molar-refractivity contribution in [3.63, 3.8) is 0 Å². The molecule has 7 nitrogen and oxygen atoms in total.